The molecule has 0 aliphatic carbocycles. The van der Waals surface area contributed by atoms with E-state index in [1.807, 2.05) is 24.3 Å². The Labute approximate surface area is 161 Å². The van der Waals surface area contributed by atoms with Crippen LogP contribution >= 0.6 is 11.6 Å². The first-order valence-electron chi connectivity index (χ1n) is 9.06. The van der Waals surface area contributed by atoms with E-state index >= 15 is 0 Å². The summed E-state index contributed by atoms with van der Waals surface area (Å²) < 4.78 is 10.7. The summed E-state index contributed by atoms with van der Waals surface area (Å²) in [5, 5.41) is 0.798. The van der Waals surface area contributed by atoms with Crippen molar-refractivity contribution in [2.24, 2.45) is 0 Å². The highest BCUT2D eigenvalue weighted by atomic mass is 35.5. The molecule has 1 heterocycles. The molecule has 1 atom stereocenters. The minimum atomic E-state index is 0.481. The minimum absolute atomic E-state index is 0.481. The Balaban J connectivity index is 1.57. The Morgan fingerprint density at radius 3 is 2.35 bits per heavy atom. The van der Waals surface area contributed by atoms with Crippen molar-refractivity contribution in [3.05, 3.63) is 53.1 Å². The van der Waals surface area contributed by atoms with Crippen molar-refractivity contribution in [2.45, 2.75) is 19.4 Å². The van der Waals surface area contributed by atoms with Crippen molar-refractivity contribution < 1.29 is 9.47 Å². The molecule has 1 unspecified atom stereocenters. The molecule has 3 rings (SSSR count). The molecule has 0 bridgehead atoms. The number of ether oxygens (including phenoxy) is 2. The van der Waals surface area contributed by atoms with E-state index in [0.29, 0.717) is 6.04 Å². The first-order valence-corrected chi connectivity index (χ1v) is 9.44. The molecule has 26 heavy (non-hydrogen) atoms. The van der Waals surface area contributed by atoms with E-state index in [1.54, 1.807) is 14.2 Å². The van der Waals surface area contributed by atoms with Crippen molar-refractivity contribution >= 4 is 17.3 Å². The topological polar surface area (TPSA) is 24.9 Å². The largest absolute Gasteiger partial charge is 0.493 e. The van der Waals surface area contributed by atoms with Crippen LogP contribution in [0.4, 0.5) is 5.69 Å². The Morgan fingerprint density at radius 1 is 0.962 bits per heavy atom. The van der Waals surface area contributed by atoms with Crippen LogP contribution in [0.1, 0.15) is 12.5 Å². The van der Waals surface area contributed by atoms with Crippen molar-refractivity contribution in [1.29, 1.82) is 0 Å². The number of benzene rings is 2. The van der Waals surface area contributed by atoms with E-state index in [0.717, 1.165) is 49.1 Å². The van der Waals surface area contributed by atoms with Gasteiger partial charge in [0.25, 0.3) is 0 Å². The molecule has 2 aromatic carbocycles. The molecule has 0 spiro atoms. The molecule has 0 aromatic heterocycles. The molecule has 1 fully saturated rings. The van der Waals surface area contributed by atoms with Gasteiger partial charge >= 0.3 is 0 Å². The number of anilines is 1. The molecule has 140 valence electrons. The molecular formula is C21H27ClN2O2. The van der Waals surface area contributed by atoms with E-state index in [1.165, 1.54) is 11.3 Å². The van der Waals surface area contributed by atoms with Crippen molar-refractivity contribution in [1.82, 2.24) is 4.90 Å². The molecule has 1 saturated heterocycles. The zero-order valence-corrected chi connectivity index (χ0v) is 16.5. The molecule has 0 amide bonds. The number of halogens is 1. The monoisotopic (exact) mass is 374 g/mol. The summed E-state index contributed by atoms with van der Waals surface area (Å²) in [6.45, 7) is 6.46. The van der Waals surface area contributed by atoms with Gasteiger partial charge < -0.3 is 14.4 Å². The minimum Gasteiger partial charge on any atom is -0.493 e. The van der Waals surface area contributed by atoms with Gasteiger partial charge in [-0.2, -0.15) is 0 Å². The van der Waals surface area contributed by atoms with Crippen LogP contribution in [0.15, 0.2) is 42.5 Å². The molecule has 1 aliphatic heterocycles. The smallest absolute Gasteiger partial charge is 0.160 e. The maximum absolute atomic E-state index is 6.12. The van der Waals surface area contributed by atoms with Crippen LogP contribution in [0.25, 0.3) is 0 Å². The number of piperazine rings is 1. The maximum atomic E-state index is 6.12. The highest BCUT2D eigenvalue weighted by molar-refractivity contribution is 6.30. The van der Waals surface area contributed by atoms with Crippen LogP contribution in [-0.4, -0.2) is 51.3 Å². The molecule has 0 N–H and O–H groups in total. The maximum Gasteiger partial charge on any atom is 0.160 e. The highest BCUT2D eigenvalue weighted by Gasteiger charge is 2.22. The molecular weight excluding hydrogens is 348 g/mol. The van der Waals surface area contributed by atoms with Gasteiger partial charge in [-0.25, -0.2) is 0 Å². The summed E-state index contributed by atoms with van der Waals surface area (Å²) in [7, 11) is 3.35. The Kier molecular flexibility index (Phi) is 6.28. The zero-order valence-electron chi connectivity index (χ0n) is 15.7. The summed E-state index contributed by atoms with van der Waals surface area (Å²) in [6, 6.07) is 14.8. The molecule has 0 radical (unpaired) electrons. The van der Waals surface area contributed by atoms with Gasteiger partial charge in [-0.1, -0.05) is 23.7 Å². The molecule has 1 aliphatic rings. The lowest BCUT2D eigenvalue weighted by Gasteiger charge is -2.39. The predicted molar refractivity (Wildman–Crippen MR) is 108 cm³/mol. The van der Waals surface area contributed by atoms with Gasteiger partial charge in [0.15, 0.2) is 11.5 Å². The number of nitrogens with zero attached hydrogens (tertiary/aromatic N) is 2. The number of hydrogen-bond donors (Lipinski definition) is 0. The van der Waals surface area contributed by atoms with Crippen LogP contribution in [0.2, 0.25) is 5.02 Å². The van der Waals surface area contributed by atoms with E-state index in [4.69, 9.17) is 21.1 Å². The van der Waals surface area contributed by atoms with Crippen LogP contribution in [0, 0.1) is 0 Å². The third-order valence-corrected chi connectivity index (χ3v) is 5.33. The number of methoxy groups -OCH3 is 2. The van der Waals surface area contributed by atoms with Crippen LogP contribution < -0.4 is 14.4 Å². The summed E-state index contributed by atoms with van der Waals surface area (Å²) in [4.78, 5) is 4.96. The van der Waals surface area contributed by atoms with Crippen molar-refractivity contribution in [2.75, 3.05) is 45.3 Å². The lowest BCUT2D eigenvalue weighted by atomic mass is 10.0. The molecule has 5 heteroatoms. The van der Waals surface area contributed by atoms with Crippen LogP contribution in [0.5, 0.6) is 11.5 Å². The second-order valence-corrected chi connectivity index (χ2v) is 7.18. The van der Waals surface area contributed by atoms with Gasteiger partial charge in [-0.3, -0.25) is 4.90 Å². The van der Waals surface area contributed by atoms with Crippen molar-refractivity contribution in [3.63, 3.8) is 0 Å². The summed E-state index contributed by atoms with van der Waals surface area (Å²) >= 11 is 6.12. The third-order valence-electron chi connectivity index (χ3n) is 5.09. The molecule has 4 nitrogen and oxygen atoms in total. The predicted octanol–water partition coefficient (Wildman–Crippen LogP) is 4.11. The normalized spacial score (nSPS) is 16.4. The summed E-state index contributed by atoms with van der Waals surface area (Å²) in [5.74, 6) is 1.57. The molecule has 2 aromatic rings. The van der Waals surface area contributed by atoms with E-state index in [-0.39, 0.29) is 0 Å². The Morgan fingerprint density at radius 2 is 1.69 bits per heavy atom. The summed E-state index contributed by atoms with van der Waals surface area (Å²) in [5.41, 5.74) is 2.48. The second kappa shape index (κ2) is 8.65. The fraction of sp³-hybridized carbons (Fsp3) is 0.429. The van der Waals surface area contributed by atoms with E-state index < -0.39 is 0 Å². The van der Waals surface area contributed by atoms with Gasteiger partial charge in [-0.05, 0) is 49.2 Å². The second-order valence-electron chi connectivity index (χ2n) is 6.75. The SMILES string of the molecule is COc1ccc(CC(C)N2CCN(c3cccc(Cl)c3)CC2)cc1OC. The number of hydrogen-bond acceptors (Lipinski definition) is 4. The first kappa shape index (κ1) is 18.9. The Hall–Kier alpha value is -1.91. The zero-order chi connectivity index (χ0) is 18.5. The van der Waals surface area contributed by atoms with E-state index in [9.17, 15) is 0 Å². The standard InChI is InChI=1S/C21H27ClN2O2/c1-16(13-17-7-8-20(25-2)21(14-17)26-3)23-9-11-24(12-10-23)19-6-4-5-18(22)15-19/h4-8,14-16H,9-13H2,1-3H3. The average molecular weight is 375 g/mol. The van der Waals surface area contributed by atoms with Gasteiger partial charge in [0.05, 0.1) is 14.2 Å². The number of rotatable bonds is 6. The first-order chi connectivity index (χ1) is 12.6. The van der Waals surface area contributed by atoms with Crippen LogP contribution in [-0.2, 0) is 6.42 Å². The van der Waals surface area contributed by atoms with Gasteiger partial charge in [-0.15, -0.1) is 0 Å². The van der Waals surface area contributed by atoms with Crippen LogP contribution in [0.3, 0.4) is 0 Å². The highest BCUT2D eigenvalue weighted by Crippen LogP contribution is 2.28. The lowest BCUT2D eigenvalue weighted by Crippen LogP contribution is -2.50. The fourth-order valence-electron chi connectivity index (χ4n) is 3.57. The lowest BCUT2D eigenvalue weighted by molar-refractivity contribution is 0.196. The van der Waals surface area contributed by atoms with Gasteiger partial charge in [0, 0.05) is 42.9 Å². The third kappa shape index (κ3) is 4.43. The van der Waals surface area contributed by atoms with Gasteiger partial charge in [0.1, 0.15) is 0 Å². The Bertz CT molecular complexity index is 730. The average Bonchev–Trinajstić information content (AvgIpc) is 2.68. The van der Waals surface area contributed by atoms with E-state index in [2.05, 4.69) is 34.9 Å². The van der Waals surface area contributed by atoms with Gasteiger partial charge in [0.2, 0.25) is 0 Å². The molecule has 0 saturated carbocycles. The van der Waals surface area contributed by atoms with Crippen molar-refractivity contribution in [3.8, 4) is 11.5 Å². The fourth-order valence-corrected chi connectivity index (χ4v) is 3.76. The quantitative estimate of drug-likeness (QED) is 0.759. The summed E-state index contributed by atoms with van der Waals surface area (Å²) in [6.07, 6.45) is 0.998.